The summed E-state index contributed by atoms with van der Waals surface area (Å²) in [5.74, 6) is 2.72. The first-order chi connectivity index (χ1) is 25.7. The predicted molar refractivity (Wildman–Crippen MR) is 243 cm³/mol. The Hall–Kier alpha value is -3.52. The van der Waals surface area contributed by atoms with Crippen LogP contribution in [0.5, 0.6) is 40.2 Å². The third-order valence-electron chi connectivity index (χ3n) is 8.34. The van der Waals surface area contributed by atoms with Gasteiger partial charge in [-0.2, -0.15) is 0 Å². The minimum Gasteiger partial charge on any atom is -0.504 e. The molecule has 0 unspecified atom stereocenters. The van der Waals surface area contributed by atoms with Gasteiger partial charge in [-0.05, 0) is 138 Å². The molecule has 3 N–H and O–H groups in total. The summed E-state index contributed by atoms with van der Waals surface area (Å²) in [6.07, 6.45) is 15.4. The van der Waals surface area contributed by atoms with Crippen molar-refractivity contribution in [1.82, 2.24) is 0 Å². The van der Waals surface area contributed by atoms with Gasteiger partial charge >= 0.3 is 0 Å². The molecule has 0 atom stereocenters. The fraction of sp³-hybridized carbons (Fsp3) is 0.200. The zero-order chi connectivity index (χ0) is 40.5. The average molecular weight is 1050 g/mol. The summed E-state index contributed by atoms with van der Waals surface area (Å²) >= 11 is 4.24. The minimum absolute atomic E-state index is 0. The van der Waals surface area contributed by atoms with Gasteiger partial charge < -0.3 is 34.3 Å². The van der Waals surface area contributed by atoms with Crippen LogP contribution in [0.25, 0.3) is 24.3 Å². The number of rotatable bonds is 12. The quantitative estimate of drug-likeness (QED) is 0.0960. The number of aromatic hydroxyl groups is 3. The summed E-state index contributed by atoms with van der Waals surface area (Å²) < 4.78 is 20.9. The van der Waals surface area contributed by atoms with Gasteiger partial charge in [-0.3, -0.25) is 0 Å². The van der Waals surface area contributed by atoms with Crippen LogP contribution in [0.1, 0.15) is 50.1 Å². The molecule has 4 aromatic rings. The maximum absolute atomic E-state index is 9.91. The summed E-state index contributed by atoms with van der Waals surface area (Å²) in [5, 5.41) is 29.7. The Kier molecular flexibility index (Phi) is 22.4. The van der Waals surface area contributed by atoms with Gasteiger partial charge in [0.2, 0.25) is 0 Å². The summed E-state index contributed by atoms with van der Waals surface area (Å²) in [6, 6.07) is 15.1. The van der Waals surface area contributed by atoms with Crippen molar-refractivity contribution < 1.29 is 67.0 Å². The van der Waals surface area contributed by atoms with E-state index in [9.17, 15) is 15.3 Å². The van der Waals surface area contributed by atoms with Crippen LogP contribution in [-0.2, 0) is 32.7 Å². The standard InChI is InChI=1S/C23H26O3.C22H24O4.I2.Y/c1-15(7-9-19-11-16(2)18(4)21(13-19)25-5)8-10-20-12-17(3)23(24)22(14-20)26-6;1-14(6-8-17-10-15(2)21(23)19(12-17)25-4)7-9-18-11-16(3)22(24)20(13-18)26-5;1-2;/h7-14,24H,1H2,2-6H3;6-13,23-24H,1H2,2-5H3;;/b9-7+,10-8+;8-6+,9-7+;;. The van der Waals surface area contributed by atoms with E-state index in [0.717, 1.165) is 61.4 Å². The van der Waals surface area contributed by atoms with E-state index < -0.39 is 0 Å². The predicted octanol–water partition coefficient (Wildman–Crippen LogP) is 12.4. The van der Waals surface area contributed by atoms with Crippen molar-refractivity contribution in [3.8, 4) is 40.2 Å². The van der Waals surface area contributed by atoms with E-state index >= 15 is 0 Å². The molecule has 0 fully saturated rings. The summed E-state index contributed by atoms with van der Waals surface area (Å²) in [4.78, 5) is 0. The van der Waals surface area contributed by atoms with Gasteiger partial charge in [0.1, 0.15) is 5.75 Å². The van der Waals surface area contributed by atoms with E-state index in [0.29, 0.717) is 17.2 Å². The zero-order valence-corrected chi connectivity index (χ0v) is 40.1. The number of hydrogen-bond donors (Lipinski definition) is 3. The molecule has 0 saturated heterocycles. The largest absolute Gasteiger partial charge is 0.504 e. The number of phenolic OH excluding ortho intramolecular Hbond substituents is 3. The Labute approximate surface area is 375 Å². The zero-order valence-electron chi connectivity index (χ0n) is 33.0. The molecule has 0 aliphatic heterocycles. The van der Waals surface area contributed by atoms with Crippen molar-refractivity contribution in [2.24, 2.45) is 0 Å². The molecule has 0 saturated carbocycles. The van der Waals surface area contributed by atoms with E-state index in [-0.39, 0.29) is 50.0 Å². The number of methoxy groups -OCH3 is 4. The van der Waals surface area contributed by atoms with Gasteiger partial charge in [-0.25, -0.2) is 0 Å². The normalized spacial score (nSPS) is 10.7. The monoisotopic (exact) mass is 1050 g/mol. The molecule has 0 heterocycles. The fourth-order valence-electron chi connectivity index (χ4n) is 5.16. The molecule has 0 spiro atoms. The Morgan fingerprint density at radius 3 is 0.945 bits per heavy atom. The van der Waals surface area contributed by atoms with Gasteiger partial charge in [0.05, 0.1) is 28.4 Å². The van der Waals surface area contributed by atoms with Crippen LogP contribution in [0.2, 0.25) is 0 Å². The smallest absolute Gasteiger partial charge is 0.161 e. The van der Waals surface area contributed by atoms with Crippen molar-refractivity contribution >= 4 is 61.5 Å². The third kappa shape index (κ3) is 15.2. The van der Waals surface area contributed by atoms with Crippen LogP contribution < -0.4 is 18.9 Å². The number of benzene rings is 4. The first-order valence-electron chi connectivity index (χ1n) is 16.7. The van der Waals surface area contributed by atoms with Gasteiger partial charge in [-0.1, -0.05) is 67.8 Å². The molecule has 0 bridgehead atoms. The summed E-state index contributed by atoms with van der Waals surface area (Å²) in [7, 11) is 6.28. The molecule has 55 heavy (non-hydrogen) atoms. The Morgan fingerprint density at radius 1 is 0.455 bits per heavy atom. The molecule has 289 valence electrons. The average Bonchev–Trinajstić information content (AvgIpc) is 3.17. The van der Waals surface area contributed by atoms with Crippen LogP contribution in [0.4, 0.5) is 0 Å². The van der Waals surface area contributed by atoms with Gasteiger partial charge in [0.15, 0.2) is 34.5 Å². The van der Waals surface area contributed by atoms with Gasteiger partial charge in [-0.15, -0.1) is 0 Å². The van der Waals surface area contributed by atoms with Gasteiger partial charge in [0, 0.05) is 69.9 Å². The van der Waals surface area contributed by atoms with Gasteiger partial charge in [0.25, 0.3) is 0 Å². The Morgan fingerprint density at radius 2 is 0.691 bits per heavy atom. The van der Waals surface area contributed by atoms with Crippen molar-refractivity contribution in [3.63, 3.8) is 0 Å². The molecular weight excluding hydrogens is 995 g/mol. The number of allylic oxidation sites excluding steroid dienone is 6. The summed E-state index contributed by atoms with van der Waals surface area (Å²) in [5.41, 5.74) is 10.1. The number of aryl methyl sites for hydroxylation is 4. The van der Waals surface area contributed by atoms with Crippen LogP contribution >= 0.6 is 37.2 Å². The minimum atomic E-state index is 0. The molecule has 0 aliphatic rings. The fourth-order valence-corrected chi connectivity index (χ4v) is 5.16. The number of halogens is 2. The van der Waals surface area contributed by atoms with Crippen molar-refractivity contribution in [3.05, 3.63) is 147 Å². The molecule has 7 nitrogen and oxygen atoms in total. The SMILES string of the molecule is C=C(/C=C/c1cc(C)c(C)c(OC)c1)/C=C/c1cc(C)c(O)c(OC)c1.C=C(/C=C/c1cc(C)c(O)c(OC)c1)/C=C/c1cc(C)c(O)c(OC)c1.II.[Y]. The molecule has 4 rings (SSSR count). The van der Waals surface area contributed by atoms with E-state index in [1.165, 1.54) is 19.8 Å². The van der Waals surface area contributed by atoms with E-state index in [1.54, 1.807) is 32.4 Å². The Balaban J connectivity index is 0.000000517. The molecule has 10 heteroatoms. The molecule has 4 aromatic carbocycles. The second-order valence-electron chi connectivity index (χ2n) is 12.3. The molecule has 1 radical (unpaired) electrons. The maximum Gasteiger partial charge on any atom is 0.161 e. The van der Waals surface area contributed by atoms with Crippen LogP contribution in [0, 0.1) is 34.6 Å². The second-order valence-corrected chi connectivity index (χ2v) is 12.3. The van der Waals surface area contributed by atoms with E-state index in [2.05, 4.69) is 70.3 Å². The summed E-state index contributed by atoms with van der Waals surface area (Å²) in [6.45, 7) is 17.7. The van der Waals surface area contributed by atoms with E-state index in [4.69, 9.17) is 18.9 Å². The van der Waals surface area contributed by atoms with Crippen LogP contribution in [0.15, 0.2) is 97.1 Å². The van der Waals surface area contributed by atoms with E-state index in [1.807, 2.05) is 93.6 Å². The van der Waals surface area contributed by atoms with Crippen molar-refractivity contribution in [1.29, 1.82) is 0 Å². The number of ether oxygens (including phenoxy) is 4. The first kappa shape index (κ1) is 49.5. The molecular formula is C45H50I2O7Y. The molecule has 0 aliphatic carbocycles. The second kappa shape index (κ2) is 24.9. The first-order valence-corrected chi connectivity index (χ1v) is 23.0. The Bertz CT molecular complexity index is 1770. The third-order valence-corrected chi connectivity index (χ3v) is 8.34. The molecule has 0 aromatic heterocycles. The molecule has 0 amide bonds. The number of hydrogen-bond acceptors (Lipinski definition) is 7. The van der Waals surface area contributed by atoms with Crippen molar-refractivity contribution in [2.75, 3.05) is 28.4 Å². The maximum atomic E-state index is 9.91. The van der Waals surface area contributed by atoms with Crippen molar-refractivity contribution in [2.45, 2.75) is 34.6 Å². The van der Waals surface area contributed by atoms with Crippen LogP contribution in [-0.4, -0.2) is 43.8 Å². The number of phenols is 3. The van der Waals surface area contributed by atoms with Crippen LogP contribution in [0.3, 0.4) is 0 Å². The topological polar surface area (TPSA) is 97.6 Å².